The normalized spacial score (nSPS) is 17.6. The number of amides is 2. The molecule has 8 nitrogen and oxygen atoms in total. The maximum atomic E-state index is 12.6. The van der Waals surface area contributed by atoms with E-state index in [2.05, 4.69) is 31.2 Å². The molecule has 2 fully saturated rings. The number of anilines is 3. The van der Waals surface area contributed by atoms with Crippen LogP contribution < -0.4 is 20.9 Å². The molecule has 0 atom stereocenters. The average Bonchev–Trinajstić information content (AvgIpc) is 2.80. The van der Waals surface area contributed by atoms with E-state index in [0.29, 0.717) is 11.3 Å². The predicted molar refractivity (Wildman–Crippen MR) is 120 cm³/mol. The lowest BCUT2D eigenvalue weighted by Gasteiger charge is -2.33. The van der Waals surface area contributed by atoms with Crippen molar-refractivity contribution < 1.29 is 9.59 Å². The number of hydrogen-bond donors (Lipinski definition) is 2. The first-order chi connectivity index (χ1) is 14.6. The third kappa shape index (κ3) is 4.84. The number of benzene rings is 1. The van der Waals surface area contributed by atoms with Crippen LogP contribution in [0.25, 0.3) is 0 Å². The minimum absolute atomic E-state index is 0.00988. The highest BCUT2D eigenvalue weighted by molar-refractivity contribution is 7.99. The molecule has 0 aliphatic carbocycles. The van der Waals surface area contributed by atoms with E-state index in [4.69, 9.17) is 5.73 Å². The van der Waals surface area contributed by atoms with Crippen LogP contribution in [-0.2, 0) is 4.79 Å². The van der Waals surface area contributed by atoms with E-state index in [0.717, 1.165) is 62.2 Å². The Morgan fingerprint density at radius 1 is 0.967 bits per heavy atom. The summed E-state index contributed by atoms with van der Waals surface area (Å²) in [5.41, 5.74) is 6.35. The lowest BCUT2D eigenvalue weighted by Crippen LogP contribution is -2.39. The fourth-order valence-corrected chi connectivity index (χ4v) is 4.71. The molecule has 2 aliphatic rings. The fraction of sp³-hybridized carbons (Fsp3) is 0.429. The zero-order valence-corrected chi connectivity index (χ0v) is 17.6. The quantitative estimate of drug-likeness (QED) is 0.753. The van der Waals surface area contributed by atoms with Gasteiger partial charge in [-0.25, -0.2) is 9.97 Å². The molecule has 2 aromatic rings. The van der Waals surface area contributed by atoms with Gasteiger partial charge in [0.25, 0.3) is 0 Å². The summed E-state index contributed by atoms with van der Waals surface area (Å²) in [4.78, 5) is 37.2. The molecule has 1 aromatic carbocycles. The van der Waals surface area contributed by atoms with Gasteiger partial charge in [0.05, 0.1) is 0 Å². The molecule has 3 N–H and O–H groups in total. The Kier molecular flexibility index (Phi) is 6.37. The lowest BCUT2D eigenvalue weighted by atomic mass is 9.95. The van der Waals surface area contributed by atoms with Gasteiger partial charge in [-0.1, -0.05) is 0 Å². The number of nitrogens with zero attached hydrogens (tertiary/aromatic N) is 4. The van der Waals surface area contributed by atoms with E-state index in [9.17, 15) is 9.59 Å². The highest BCUT2D eigenvalue weighted by atomic mass is 32.2. The first kappa shape index (κ1) is 20.5. The molecule has 1 aromatic heterocycles. The average molecular weight is 427 g/mol. The largest absolute Gasteiger partial charge is 0.366 e. The molecule has 2 aliphatic heterocycles. The first-order valence-corrected chi connectivity index (χ1v) is 11.4. The van der Waals surface area contributed by atoms with E-state index in [1.165, 1.54) is 0 Å². The van der Waals surface area contributed by atoms with Gasteiger partial charge in [0.15, 0.2) is 0 Å². The second kappa shape index (κ2) is 9.34. The Labute approximate surface area is 180 Å². The van der Waals surface area contributed by atoms with Gasteiger partial charge in [-0.2, -0.15) is 11.8 Å². The third-order valence-electron chi connectivity index (χ3n) is 5.60. The second-order valence-corrected chi connectivity index (χ2v) is 8.75. The van der Waals surface area contributed by atoms with Crippen LogP contribution in [0.5, 0.6) is 0 Å². The fourth-order valence-electron chi connectivity index (χ4n) is 3.81. The summed E-state index contributed by atoms with van der Waals surface area (Å²) in [5.74, 6) is 3.66. The van der Waals surface area contributed by atoms with E-state index in [1.54, 1.807) is 30.6 Å². The van der Waals surface area contributed by atoms with E-state index < -0.39 is 5.91 Å². The highest BCUT2D eigenvalue weighted by Gasteiger charge is 2.26. The summed E-state index contributed by atoms with van der Waals surface area (Å²) >= 11 is 1.98. The van der Waals surface area contributed by atoms with Crippen molar-refractivity contribution in [1.29, 1.82) is 0 Å². The van der Waals surface area contributed by atoms with Crippen LogP contribution in [0.3, 0.4) is 0 Å². The molecule has 4 rings (SSSR count). The van der Waals surface area contributed by atoms with Gasteiger partial charge in [0.1, 0.15) is 18.0 Å². The summed E-state index contributed by atoms with van der Waals surface area (Å²) in [7, 11) is 0. The number of nitrogens with two attached hydrogens (primary N) is 1. The standard InChI is InChI=1S/C21H26N6O2S/c22-20(28)15-1-3-17(4-2-15)25-21(29)16-5-7-26(8-6-16)18-13-19(24-14-23-18)27-9-11-30-12-10-27/h1-4,13-14,16H,5-12H2,(H2,22,28)(H,25,29). The van der Waals surface area contributed by atoms with Crippen LogP contribution >= 0.6 is 11.8 Å². The van der Waals surface area contributed by atoms with Crippen LogP contribution in [0.4, 0.5) is 17.3 Å². The van der Waals surface area contributed by atoms with E-state index in [1.807, 2.05) is 11.8 Å². The van der Waals surface area contributed by atoms with Gasteiger partial charge in [-0.15, -0.1) is 0 Å². The molecule has 30 heavy (non-hydrogen) atoms. The van der Waals surface area contributed by atoms with Crippen molar-refractivity contribution in [3.63, 3.8) is 0 Å². The molecule has 0 spiro atoms. The van der Waals surface area contributed by atoms with Crippen molar-refractivity contribution in [2.45, 2.75) is 12.8 Å². The van der Waals surface area contributed by atoms with Crippen molar-refractivity contribution in [1.82, 2.24) is 9.97 Å². The van der Waals surface area contributed by atoms with E-state index >= 15 is 0 Å². The van der Waals surface area contributed by atoms with Gasteiger partial charge in [0, 0.05) is 60.9 Å². The molecule has 0 saturated carbocycles. The van der Waals surface area contributed by atoms with Crippen LogP contribution in [-0.4, -0.2) is 59.5 Å². The molecular weight excluding hydrogens is 400 g/mol. The first-order valence-electron chi connectivity index (χ1n) is 10.2. The number of hydrogen-bond acceptors (Lipinski definition) is 7. The summed E-state index contributed by atoms with van der Waals surface area (Å²) in [6.07, 6.45) is 3.18. The number of aromatic nitrogens is 2. The van der Waals surface area contributed by atoms with Gasteiger partial charge >= 0.3 is 0 Å². The number of thioether (sulfide) groups is 1. The van der Waals surface area contributed by atoms with Crippen molar-refractivity contribution in [3.05, 3.63) is 42.2 Å². The molecule has 3 heterocycles. The van der Waals surface area contributed by atoms with Crippen molar-refractivity contribution in [3.8, 4) is 0 Å². The number of carbonyl (C=O) groups excluding carboxylic acids is 2. The summed E-state index contributed by atoms with van der Waals surface area (Å²) in [6.45, 7) is 3.60. The molecular formula is C21H26N6O2S. The van der Waals surface area contributed by atoms with Crippen LogP contribution in [0.2, 0.25) is 0 Å². The molecule has 0 bridgehead atoms. The van der Waals surface area contributed by atoms with Gasteiger partial charge in [-0.05, 0) is 37.1 Å². The van der Waals surface area contributed by atoms with Gasteiger partial charge in [-0.3, -0.25) is 9.59 Å². The molecule has 2 saturated heterocycles. The maximum absolute atomic E-state index is 12.6. The zero-order valence-electron chi connectivity index (χ0n) is 16.8. The summed E-state index contributed by atoms with van der Waals surface area (Å²) < 4.78 is 0. The molecule has 9 heteroatoms. The number of nitrogens with one attached hydrogen (secondary N) is 1. The zero-order chi connectivity index (χ0) is 20.9. The maximum Gasteiger partial charge on any atom is 0.248 e. The number of carbonyl (C=O) groups is 2. The molecule has 2 amide bonds. The van der Waals surface area contributed by atoms with Crippen molar-refractivity contribution >= 4 is 40.9 Å². The predicted octanol–water partition coefficient (Wildman–Crippen LogP) is 1.98. The third-order valence-corrected chi connectivity index (χ3v) is 6.54. The molecule has 158 valence electrons. The Bertz CT molecular complexity index is 893. The number of rotatable bonds is 5. The topological polar surface area (TPSA) is 104 Å². The number of piperidine rings is 1. The summed E-state index contributed by atoms with van der Waals surface area (Å²) in [5, 5.41) is 2.94. The Morgan fingerprint density at radius 2 is 1.57 bits per heavy atom. The SMILES string of the molecule is NC(=O)c1ccc(NC(=O)C2CCN(c3cc(N4CCSCC4)ncn3)CC2)cc1. The Morgan fingerprint density at radius 3 is 2.17 bits per heavy atom. The highest BCUT2D eigenvalue weighted by Crippen LogP contribution is 2.26. The van der Waals surface area contributed by atoms with Crippen molar-refractivity contribution in [2.24, 2.45) is 11.7 Å². The van der Waals surface area contributed by atoms with Gasteiger partial charge < -0.3 is 20.9 Å². The van der Waals surface area contributed by atoms with E-state index in [-0.39, 0.29) is 11.8 Å². The Balaban J connectivity index is 1.32. The monoisotopic (exact) mass is 426 g/mol. The van der Waals surface area contributed by atoms with Crippen LogP contribution in [0, 0.1) is 5.92 Å². The van der Waals surface area contributed by atoms with Crippen molar-refractivity contribution in [2.75, 3.05) is 52.8 Å². The molecule has 0 unspecified atom stereocenters. The summed E-state index contributed by atoms with van der Waals surface area (Å²) in [6, 6.07) is 8.71. The van der Waals surface area contributed by atoms with Gasteiger partial charge in [0.2, 0.25) is 11.8 Å². The number of primary amides is 1. The smallest absolute Gasteiger partial charge is 0.248 e. The minimum Gasteiger partial charge on any atom is -0.366 e. The van der Waals surface area contributed by atoms with Crippen LogP contribution in [0.1, 0.15) is 23.2 Å². The minimum atomic E-state index is -0.479. The second-order valence-electron chi connectivity index (χ2n) is 7.53. The molecule has 0 radical (unpaired) electrons. The Hall–Kier alpha value is -2.81. The lowest BCUT2D eigenvalue weighted by molar-refractivity contribution is -0.120. The van der Waals surface area contributed by atoms with Crippen LogP contribution in [0.15, 0.2) is 36.7 Å².